The van der Waals surface area contributed by atoms with Crippen LogP contribution >= 0.6 is 0 Å². The summed E-state index contributed by atoms with van der Waals surface area (Å²) in [5.74, 6) is 0.371. The number of benzene rings is 1. The Bertz CT molecular complexity index is 490. The van der Waals surface area contributed by atoms with Gasteiger partial charge in [0.05, 0.1) is 0 Å². The molecular weight excluding hydrogens is 291 g/mol. The second-order valence-corrected chi connectivity index (χ2v) is 6.85. The molecule has 2 nitrogen and oxygen atoms in total. The Hall–Kier alpha value is -1.23. The summed E-state index contributed by atoms with van der Waals surface area (Å²) < 4.78 is 44.6. The van der Waals surface area contributed by atoms with E-state index in [1.807, 2.05) is 40.7 Å². The van der Waals surface area contributed by atoms with Crippen molar-refractivity contribution in [3.63, 3.8) is 0 Å². The molecule has 0 saturated carbocycles. The molecule has 0 amide bonds. The summed E-state index contributed by atoms with van der Waals surface area (Å²) in [5, 5.41) is 0. The van der Waals surface area contributed by atoms with Crippen LogP contribution in [0.15, 0.2) is 18.2 Å². The van der Waals surface area contributed by atoms with E-state index in [1.165, 1.54) is 0 Å². The Morgan fingerprint density at radius 1 is 1.14 bits per heavy atom. The Balaban J connectivity index is 3.29. The minimum absolute atomic E-state index is 0.0668. The molecule has 22 heavy (non-hydrogen) atoms. The molecule has 0 spiro atoms. The molecule has 0 aliphatic heterocycles. The lowest BCUT2D eigenvalue weighted by molar-refractivity contribution is -0.196. The molecule has 1 rings (SSSR count). The maximum absolute atomic E-state index is 13.1. The highest BCUT2D eigenvalue weighted by molar-refractivity contribution is 5.45. The summed E-state index contributed by atoms with van der Waals surface area (Å²) in [7, 11) is 0. The van der Waals surface area contributed by atoms with Crippen LogP contribution in [-0.4, -0.2) is 18.8 Å². The second kappa shape index (κ2) is 6.90. The third-order valence-corrected chi connectivity index (χ3v) is 3.51. The molecule has 0 aromatic heterocycles. The predicted molar refractivity (Wildman–Crippen MR) is 83.4 cm³/mol. The van der Waals surface area contributed by atoms with Crippen LogP contribution in [0.2, 0.25) is 0 Å². The summed E-state index contributed by atoms with van der Waals surface area (Å²) in [4.78, 5) is 0. The number of rotatable bonds is 5. The van der Waals surface area contributed by atoms with Gasteiger partial charge in [-0.3, -0.25) is 0 Å². The highest BCUT2D eigenvalue weighted by atomic mass is 19.4. The SMILES string of the molecule is CC(C)c1c(OC(CCN)C(F)(F)F)cccc1C(C)(C)C. The molecule has 0 bridgehead atoms. The first-order valence-corrected chi connectivity index (χ1v) is 7.55. The maximum atomic E-state index is 13.1. The molecule has 5 heteroatoms. The monoisotopic (exact) mass is 317 g/mol. The van der Waals surface area contributed by atoms with Gasteiger partial charge in [0.25, 0.3) is 0 Å². The number of hydrogen-bond donors (Lipinski definition) is 1. The van der Waals surface area contributed by atoms with Crippen LogP contribution in [0.1, 0.15) is 58.1 Å². The third-order valence-electron chi connectivity index (χ3n) is 3.51. The minimum atomic E-state index is -4.43. The fourth-order valence-corrected chi connectivity index (χ4v) is 2.49. The number of hydrogen-bond acceptors (Lipinski definition) is 2. The first-order valence-electron chi connectivity index (χ1n) is 7.55. The normalized spacial score (nSPS) is 14.3. The van der Waals surface area contributed by atoms with Gasteiger partial charge in [-0.15, -0.1) is 0 Å². The van der Waals surface area contributed by atoms with Crippen molar-refractivity contribution in [2.45, 2.75) is 64.7 Å². The molecule has 2 N–H and O–H groups in total. The van der Waals surface area contributed by atoms with E-state index in [0.717, 1.165) is 11.1 Å². The molecule has 1 aromatic carbocycles. The van der Waals surface area contributed by atoms with Gasteiger partial charge in [-0.1, -0.05) is 46.8 Å². The minimum Gasteiger partial charge on any atom is -0.481 e. The lowest BCUT2D eigenvalue weighted by Crippen LogP contribution is -2.36. The number of ether oxygens (including phenoxy) is 1. The largest absolute Gasteiger partial charge is 0.481 e. The topological polar surface area (TPSA) is 35.2 Å². The van der Waals surface area contributed by atoms with E-state index in [4.69, 9.17) is 10.5 Å². The molecular formula is C17H26F3NO. The van der Waals surface area contributed by atoms with Gasteiger partial charge < -0.3 is 10.5 Å². The third kappa shape index (κ3) is 4.63. The number of alkyl halides is 3. The Kier molecular flexibility index (Phi) is 5.90. The molecule has 0 fully saturated rings. The van der Waals surface area contributed by atoms with E-state index in [9.17, 15) is 13.2 Å². The molecule has 1 unspecified atom stereocenters. The van der Waals surface area contributed by atoms with Gasteiger partial charge in [0, 0.05) is 12.0 Å². The van der Waals surface area contributed by atoms with Crippen molar-refractivity contribution in [3.8, 4) is 5.75 Å². The predicted octanol–water partition coefficient (Wildman–Crippen LogP) is 4.77. The summed E-state index contributed by atoms with van der Waals surface area (Å²) in [5.41, 5.74) is 6.97. The lowest BCUT2D eigenvalue weighted by atomic mass is 9.80. The van der Waals surface area contributed by atoms with E-state index in [1.54, 1.807) is 12.1 Å². The molecule has 0 aliphatic rings. The quantitative estimate of drug-likeness (QED) is 0.849. The number of halogens is 3. The molecule has 0 radical (unpaired) electrons. The van der Waals surface area contributed by atoms with Crippen LogP contribution in [-0.2, 0) is 5.41 Å². The molecule has 1 atom stereocenters. The smallest absolute Gasteiger partial charge is 0.425 e. The Morgan fingerprint density at radius 2 is 1.73 bits per heavy atom. The highest BCUT2D eigenvalue weighted by Gasteiger charge is 2.41. The maximum Gasteiger partial charge on any atom is 0.425 e. The van der Waals surface area contributed by atoms with Crippen molar-refractivity contribution in [3.05, 3.63) is 29.3 Å². The summed E-state index contributed by atoms with van der Waals surface area (Å²) in [6.45, 7) is 9.98. The van der Waals surface area contributed by atoms with Gasteiger partial charge in [-0.05, 0) is 29.5 Å². The summed E-state index contributed by atoms with van der Waals surface area (Å²) >= 11 is 0. The van der Waals surface area contributed by atoms with Crippen molar-refractivity contribution in [2.24, 2.45) is 5.73 Å². The molecule has 0 saturated heterocycles. The van der Waals surface area contributed by atoms with Crippen LogP contribution < -0.4 is 10.5 Å². The van der Waals surface area contributed by atoms with E-state index in [0.29, 0.717) is 5.75 Å². The van der Waals surface area contributed by atoms with Crippen molar-refractivity contribution in [1.29, 1.82) is 0 Å². The average molecular weight is 317 g/mol. The zero-order valence-electron chi connectivity index (χ0n) is 13.9. The first-order chi connectivity index (χ1) is 9.98. The highest BCUT2D eigenvalue weighted by Crippen LogP contribution is 2.38. The van der Waals surface area contributed by atoms with Crippen LogP contribution in [0.5, 0.6) is 5.75 Å². The first kappa shape index (κ1) is 18.8. The van der Waals surface area contributed by atoms with E-state index >= 15 is 0 Å². The van der Waals surface area contributed by atoms with E-state index < -0.39 is 12.3 Å². The molecule has 126 valence electrons. The van der Waals surface area contributed by atoms with Gasteiger partial charge in [-0.25, -0.2) is 0 Å². The van der Waals surface area contributed by atoms with Crippen molar-refractivity contribution in [2.75, 3.05) is 6.54 Å². The van der Waals surface area contributed by atoms with Crippen LogP contribution in [0.3, 0.4) is 0 Å². The lowest BCUT2D eigenvalue weighted by Gasteiger charge is -2.29. The Morgan fingerprint density at radius 3 is 2.14 bits per heavy atom. The van der Waals surface area contributed by atoms with Gasteiger partial charge >= 0.3 is 6.18 Å². The van der Waals surface area contributed by atoms with Gasteiger partial charge in [0.2, 0.25) is 0 Å². The van der Waals surface area contributed by atoms with Crippen LogP contribution in [0, 0.1) is 0 Å². The summed E-state index contributed by atoms with van der Waals surface area (Å²) in [6.07, 6.45) is -6.54. The van der Waals surface area contributed by atoms with Crippen LogP contribution in [0.25, 0.3) is 0 Å². The zero-order valence-corrected chi connectivity index (χ0v) is 13.9. The van der Waals surface area contributed by atoms with Gasteiger partial charge in [-0.2, -0.15) is 13.2 Å². The fraction of sp³-hybridized carbons (Fsp3) is 0.647. The van der Waals surface area contributed by atoms with Crippen molar-refractivity contribution in [1.82, 2.24) is 0 Å². The van der Waals surface area contributed by atoms with Gasteiger partial charge in [0.1, 0.15) is 5.75 Å². The summed E-state index contributed by atoms with van der Waals surface area (Å²) in [6, 6.07) is 5.31. The molecule has 0 aliphatic carbocycles. The molecule has 1 aromatic rings. The van der Waals surface area contributed by atoms with Crippen molar-refractivity contribution < 1.29 is 17.9 Å². The van der Waals surface area contributed by atoms with E-state index in [2.05, 4.69) is 0 Å². The Labute approximate surface area is 130 Å². The van der Waals surface area contributed by atoms with E-state index in [-0.39, 0.29) is 24.3 Å². The number of nitrogens with two attached hydrogens (primary N) is 1. The standard InChI is InChI=1S/C17H26F3NO/c1-11(2)15-12(16(3,4)5)7-6-8-13(15)22-14(9-10-21)17(18,19)20/h6-8,11,14H,9-10,21H2,1-5H3. The van der Waals surface area contributed by atoms with Crippen LogP contribution in [0.4, 0.5) is 13.2 Å². The average Bonchev–Trinajstić information content (AvgIpc) is 2.35. The fourth-order valence-electron chi connectivity index (χ4n) is 2.49. The van der Waals surface area contributed by atoms with Crippen molar-refractivity contribution >= 4 is 0 Å². The molecule has 0 heterocycles. The second-order valence-electron chi connectivity index (χ2n) is 6.85. The zero-order chi connectivity index (χ0) is 17.1. The van der Waals surface area contributed by atoms with Gasteiger partial charge in [0.15, 0.2) is 6.10 Å².